The van der Waals surface area contributed by atoms with Gasteiger partial charge in [0.2, 0.25) is 0 Å². The van der Waals surface area contributed by atoms with E-state index < -0.39 is 0 Å². The van der Waals surface area contributed by atoms with Crippen LogP contribution in [-0.2, 0) is 0 Å². The second kappa shape index (κ2) is 6.73. The number of ether oxygens (including phenoxy) is 1. The van der Waals surface area contributed by atoms with Crippen LogP contribution in [0.15, 0.2) is 27.2 Å². The summed E-state index contributed by atoms with van der Waals surface area (Å²) in [6, 6.07) is 4.82. The van der Waals surface area contributed by atoms with Gasteiger partial charge >= 0.3 is 0 Å². The summed E-state index contributed by atoms with van der Waals surface area (Å²) < 4.78 is 7.70. The van der Waals surface area contributed by atoms with Gasteiger partial charge in [-0.1, -0.05) is 28.1 Å². The lowest BCUT2D eigenvalue weighted by Gasteiger charge is -2.10. The molecule has 0 aliphatic heterocycles. The number of nitrogens with one attached hydrogen (secondary N) is 1. The first-order chi connectivity index (χ1) is 8.70. The quantitative estimate of drug-likeness (QED) is 0.797. The molecule has 0 atom stereocenters. The van der Waals surface area contributed by atoms with Gasteiger partial charge in [-0.25, -0.2) is 0 Å². The predicted molar refractivity (Wildman–Crippen MR) is 83.1 cm³/mol. The molecule has 98 valence electrons. The first kappa shape index (κ1) is 14.1. The lowest BCUT2D eigenvalue weighted by Crippen LogP contribution is -2.15. The van der Waals surface area contributed by atoms with Gasteiger partial charge in [0, 0.05) is 22.6 Å². The summed E-state index contributed by atoms with van der Waals surface area (Å²) in [4.78, 5) is 0. The summed E-state index contributed by atoms with van der Waals surface area (Å²) >= 11 is 7.04. The number of rotatable bonds is 6. The van der Waals surface area contributed by atoms with E-state index in [1.807, 2.05) is 13.0 Å². The molecule has 1 aromatic carbocycles. The van der Waals surface area contributed by atoms with Gasteiger partial charge in [0.15, 0.2) is 0 Å². The van der Waals surface area contributed by atoms with Crippen molar-refractivity contribution in [1.82, 2.24) is 5.32 Å². The molecule has 0 amide bonds. The van der Waals surface area contributed by atoms with Crippen molar-refractivity contribution < 1.29 is 4.74 Å². The maximum atomic E-state index is 5.67. The SMILES string of the molecule is CCOc1c(Br)cc(Br)cc1C=CCNC1CC1. The standard InChI is InChI=1S/C14H17Br2NO/c1-2-18-14-10(8-11(15)9-13(14)16)4-3-7-17-12-5-6-12/h3-4,8-9,12,17H,2,5-7H2,1H3. The second-order valence-corrected chi connectivity index (χ2v) is 6.09. The van der Waals surface area contributed by atoms with E-state index in [1.54, 1.807) is 0 Å². The minimum atomic E-state index is 0.668. The van der Waals surface area contributed by atoms with Crippen molar-refractivity contribution in [2.24, 2.45) is 0 Å². The average Bonchev–Trinajstić information content (AvgIpc) is 3.12. The highest BCUT2D eigenvalue weighted by Crippen LogP contribution is 2.33. The van der Waals surface area contributed by atoms with Crippen LogP contribution in [-0.4, -0.2) is 19.2 Å². The van der Waals surface area contributed by atoms with Crippen LogP contribution in [0, 0.1) is 0 Å². The van der Waals surface area contributed by atoms with Gasteiger partial charge < -0.3 is 10.1 Å². The summed E-state index contributed by atoms with van der Waals surface area (Å²) in [6.07, 6.45) is 6.89. The maximum absolute atomic E-state index is 5.67. The van der Waals surface area contributed by atoms with Gasteiger partial charge in [-0.05, 0) is 47.8 Å². The van der Waals surface area contributed by atoms with E-state index in [4.69, 9.17) is 4.74 Å². The van der Waals surface area contributed by atoms with Crippen molar-refractivity contribution in [3.63, 3.8) is 0 Å². The Morgan fingerprint density at radius 2 is 2.17 bits per heavy atom. The molecule has 0 aromatic heterocycles. The first-order valence-electron chi connectivity index (χ1n) is 6.22. The molecule has 0 bridgehead atoms. The molecular formula is C14H17Br2NO. The van der Waals surface area contributed by atoms with Crippen LogP contribution in [0.2, 0.25) is 0 Å². The lowest BCUT2D eigenvalue weighted by atomic mass is 10.2. The molecule has 1 aliphatic carbocycles. The van der Waals surface area contributed by atoms with Crippen molar-refractivity contribution in [3.8, 4) is 5.75 Å². The van der Waals surface area contributed by atoms with Crippen molar-refractivity contribution in [1.29, 1.82) is 0 Å². The maximum Gasteiger partial charge on any atom is 0.140 e. The van der Waals surface area contributed by atoms with Gasteiger partial charge in [-0.3, -0.25) is 0 Å². The summed E-state index contributed by atoms with van der Waals surface area (Å²) in [5.74, 6) is 0.906. The highest BCUT2D eigenvalue weighted by atomic mass is 79.9. The molecule has 0 unspecified atom stereocenters. The van der Waals surface area contributed by atoms with Crippen LogP contribution >= 0.6 is 31.9 Å². The van der Waals surface area contributed by atoms with Crippen molar-refractivity contribution in [2.45, 2.75) is 25.8 Å². The topological polar surface area (TPSA) is 21.3 Å². The summed E-state index contributed by atoms with van der Waals surface area (Å²) in [5, 5.41) is 3.46. The molecule has 1 N–H and O–H groups in total. The predicted octanol–water partition coefficient (Wildman–Crippen LogP) is 4.38. The number of benzene rings is 1. The monoisotopic (exact) mass is 373 g/mol. The Kier molecular flexibility index (Phi) is 5.27. The van der Waals surface area contributed by atoms with Crippen molar-refractivity contribution >= 4 is 37.9 Å². The molecule has 1 saturated carbocycles. The van der Waals surface area contributed by atoms with Crippen LogP contribution in [0.4, 0.5) is 0 Å². The average molecular weight is 375 g/mol. The minimum Gasteiger partial charge on any atom is -0.492 e. The van der Waals surface area contributed by atoms with E-state index in [9.17, 15) is 0 Å². The molecule has 0 spiro atoms. The van der Waals surface area contributed by atoms with E-state index >= 15 is 0 Å². The molecule has 0 radical (unpaired) electrons. The van der Waals surface area contributed by atoms with Crippen LogP contribution in [0.5, 0.6) is 5.75 Å². The molecule has 1 fully saturated rings. The normalized spacial score (nSPS) is 15.3. The second-order valence-electron chi connectivity index (χ2n) is 4.32. The van der Waals surface area contributed by atoms with Gasteiger partial charge in [0.1, 0.15) is 5.75 Å². The summed E-state index contributed by atoms with van der Waals surface area (Å²) in [5.41, 5.74) is 1.09. The zero-order valence-corrected chi connectivity index (χ0v) is 13.6. The molecule has 1 aromatic rings. The first-order valence-corrected chi connectivity index (χ1v) is 7.81. The van der Waals surface area contributed by atoms with Gasteiger partial charge in [-0.15, -0.1) is 0 Å². The molecule has 2 nitrogen and oxygen atoms in total. The Balaban J connectivity index is 2.07. The molecule has 0 saturated heterocycles. The van der Waals surface area contributed by atoms with E-state index in [0.29, 0.717) is 6.61 Å². The fourth-order valence-electron chi connectivity index (χ4n) is 1.71. The van der Waals surface area contributed by atoms with Crippen LogP contribution in [0.3, 0.4) is 0 Å². The minimum absolute atomic E-state index is 0.668. The van der Waals surface area contributed by atoms with Crippen LogP contribution in [0.1, 0.15) is 25.3 Å². The van der Waals surface area contributed by atoms with Gasteiger partial charge in [0.05, 0.1) is 11.1 Å². The van der Waals surface area contributed by atoms with Crippen molar-refractivity contribution in [3.05, 3.63) is 32.7 Å². The van der Waals surface area contributed by atoms with Gasteiger partial charge in [-0.2, -0.15) is 0 Å². The Bertz CT molecular complexity index is 442. The fourth-order valence-corrected chi connectivity index (χ4v) is 3.08. The zero-order chi connectivity index (χ0) is 13.0. The van der Waals surface area contributed by atoms with Crippen LogP contribution < -0.4 is 10.1 Å². The van der Waals surface area contributed by atoms with Crippen LogP contribution in [0.25, 0.3) is 6.08 Å². The summed E-state index contributed by atoms with van der Waals surface area (Å²) in [6.45, 7) is 3.58. The van der Waals surface area contributed by atoms with Gasteiger partial charge in [0.25, 0.3) is 0 Å². The molecular weight excluding hydrogens is 358 g/mol. The number of halogens is 2. The molecule has 4 heteroatoms. The Morgan fingerprint density at radius 3 is 2.83 bits per heavy atom. The molecule has 2 rings (SSSR count). The van der Waals surface area contributed by atoms with Crippen molar-refractivity contribution in [2.75, 3.05) is 13.2 Å². The third-order valence-electron chi connectivity index (χ3n) is 2.72. The van der Waals surface area contributed by atoms with E-state index in [0.717, 1.165) is 32.8 Å². The number of hydrogen-bond acceptors (Lipinski definition) is 2. The smallest absolute Gasteiger partial charge is 0.140 e. The largest absolute Gasteiger partial charge is 0.492 e. The molecule has 18 heavy (non-hydrogen) atoms. The highest BCUT2D eigenvalue weighted by molar-refractivity contribution is 9.11. The van der Waals surface area contributed by atoms with E-state index in [2.05, 4.69) is 55.4 Å². The Labute approximate surface area is 125 Å². The fraction of sp³-hybridized carbons (Fsp3) is 0.429. The highest BCUT2D eigenvalue weighted by Gasteiger charge is 2.19. The summed E-state index contributed by atoms with van der Waals surface area (Å²) in [7, 11) is 0. The lowest BCUT2D eigenvalue weighted by molar-refractivity contribution is 0.337. The van der Waals surface area contributed by atoms with E-state index in [-0.39, 0.29) is 0 Å². The van der Waals surface area contributed by atoms with E-state index in [1.165, 1.54) is 12.8 Å². The third kappa shape index (κ3) is 4.11. The molecule has 1 aliphatic rings. The Hall–Kier alpha value is -0.320. The zero-order valence-electron chi connectivity index (χ0n) is 10.4. The number of hydrogen-bond donors (Lipinski definition) is 1. The molecule has 0 heterocycles. The Morgan fingerprint density at radius 1 is 1.39 bits per heavy atom. The third-order valence-corrected chi connectivity index (χ3v) is 3.77.